The molecule has 0 aliphatic rings. The maximum atomic E-state index is 6.58. The number of rotatable bonds is 0. The number of fused-ring (bicyclic) bond motifs is 10. The van der Waals surface area contributed by atoms with E-state index in [-0.39, 0.29) is 0 Å². The molecule has 148 valence electrons. The van der Waals surface area contributed by atoms with Gasteiger partial charge >= 0.3 is 0 Å². The summed E-state index contributed by atoms with van der Waals surface area (Å²) < 4.78 is 11.6. The van der Waals surface area contributed by atoms with E-state index in [9.17, 15) is 0 Å². The summed E-state index contributed by atoms with van der Waals surface area (Å²) in [5.74, 6) is 0. The predicted molar refractivity (Wildman–Crippen MR) is 136 cm³/mol. The highest BCUT2D eigenvalue weighted by Crippen LogP contribution is 2.48. The van der Waals surface area contributed by atoms with Gasteiger partial charge in [-0.1, -0.05) is 48.5 Å². The minimum atomic E-state index is 0.931. The molecule has 0 fully saturated rings. The highest BCUT2D eigenvalue weighted by Gasteiger charge is 2.24. The average molecular weight is 427 g/mol. The lowest BCUT2D eigenvalue weighted by atomic mass is 10.1. The Hall–Kier alpha value is -4.02. The Morgan fingerprint density at radius 3 is 2.41 bits per heavy atom. The van der Waals surface area contributed by atoms with Crippen LogP contribution in [-0.2, 0) is 0 Å². The van der Waals surface area contributed by atoms with Crippen molar-refractivity contribution in [3.63, 3.8) is 0 Å². The SMILES string of the molecule is c1ccc2c(c1)oc1c2c2ccc3[nH]c4cccc5c6sc7ccccc7c6n1c2c3c45. The number of benzene rings is 4. The van der Waals surface area contributed by atoms with Crippen LogP contribution >= 0.6 is 11.3 Å². The van der Waals surface area contributed by atoms with E-state index in [1.165, 1.54) is 69.2 Å². The van der Waals surface area contributed by atoms with Gasteiger partial charge in [0.15, 0.2) is 0 Å². The largest absolute Gasteiger partial charge is 0.439 e. The third kappa shape index (κ3) is 1.59. The second kappa shape index (κ2) is 5.06. The van der Waals surface area contributed by atoms with E-state index in [2.05, 4.69) is 82.2 Å². The van der Waals surface area contributed by atoms with Gasteiger partial charge in [-0.3, -0.25) is 4.40 Å². The van der Waals surface area contributed by atoms with Crippen molar-refractivity contribution in [3.05, 3.63) is 78.9 Å². The zero-order chi connectivity index (χ0) is 20.6. The molecule has 3 nitrogen and oxygen atoms in total. The van der Waals surface area contributed by atoms with Gasteiger partial charge in [0.05, 0.1) is 21.1 Å². The molecule has 9 aromatic rings. The Morgan fingerprint density at radius 1 is 0.625 bits per heavy atom. The fourth-order valence-corrected chi connectivity index (χ4v) is 7.06. The Bertz CT molecular complexity index is 2200. The van der Waals surface area contributed by atoms with Crippen molar-refractivity contribution in [1.29, 1.82) is 0 Å². The van der Waals surface area contributed by atoms with E-state index in [0.717, 1.165) is 11.3 Å². The van der Waals surface area contributed by atoms with E-state index < -0.39 is 0 Å². The Morgan fingerprint density at radius 2 is 1.44 bits per heavy atom. The van der Waals surface area contributed by atoms with Crippen molar-refractivity contribution < 1.29 is 4.42 Å². The zero-order valence-electron chi connectivity index (χ0n) is 16.8. The first-order valence-electron chi connectivity index (χ1n) is 10.8. The number of nitrogens with zero attached hydrogens (tertiary/aromatic N) is 1. The van der Waals surface area contributed by atoms with Crippen molar-refractivity contribution in [3.8, 4) is 0 Å². The molecular formula is C28H14N2OS. The minimum absolute atomic E-state index is 0.931. The summed E-state index contributed by atoms with van der Waals surface area (Å²) in [5, 5.41) is 8.79. The molecule has 0 amide bonds. The van der Waals surface area contributed by atoms with Crippen LogP contribution in [0, 0.1) is 0 Å². The van der Waals surface area contributed by atoms with Crippen molar-refractivity contribution in [2.45, 2.75) is 0 Å². The van der Waals surface area contributed by atoms with Gasteiger partial charge in [0.25, 0.3) is 0 Å². The summed E-state index contributed by atoms with van der Waals surface area (Å²) in [4.78, 5) is 3.67. The number of nitrogens with one attached hydrogen (secondary N) is 1. The van der Waals surface area contributed by atoms with Crippen LogP contribution in [0.25, 0.3) is 80.5 Å². The molecular weight excluding hydrogens is 412 g/mol. The van der Waals surface area contributed by atoms with Crippen LogP contribution in [0.4, 0.5) is 0 Å². The summed E-state index contributed by atoms with van der Waals surface area (Å²) in [6.45, 7) is 0. The molecule has 0 saturated carbocycles. The first kappa shape index (κ1) is 15.7. The summed E-state index contributed by atoms with van der Waals surface area (Å²) in [7, 11) is 0. The molecule has 0 aliphatic heterocycles. The van der Waals surface area contributed by atoms with Crippen LogP contribution in [0.15, 0.2) is 83.3 Å². The predicted octanol–water partition coefficient (Wildman–Crippen LogP) is 8.43. The molecule has 32 heavy (non-hydrogen) atoms. The van der Waals surface area contributed by atoms with Crippen molar-refractivity contribution in [2.24, 2.45) is 0 Å². The number of aromatic amines is 1. The number of thiophene rings is 1. The topological polar surface area (TPSA) is 33.3 Å². The number of hydrogen-bond donors (Lipinski definition) is 1. The third-order valence-corrected chi connectivity index (χ3v) is 8.27. The fraction of sp³-hybridized carbons (Fsp3) is 0. The van der Waals surface area contributed by atoms with E-state index in [4.69, 9.17) is 4.42 Å². The Kier molecular flexibility index (Phi) is 2.49. The molecule has 0 unspecified atom stereocenters. The van der Waals surface area contributed by atoms with Crippen molar-refractivity contribution in [2.75, 3.05) is 0 Å². The van der Waals surface area contributed by atoms with Crippen LogP contribution in [0.1, 0.15) is 0 Å². The number of aromatic nitrogens is 2. The summed E-state index contributed by atoms with van der Waals surface area (Å²) in [5.41, 5.74) is 6.70. The lowest BCUT2D eigenvalue weighted by Gasteiger charge is -2.00. The number of para-hydroxylation sites is 1. The van der Waals surface area contributed by atoms with E-state index in [0.29, 0.717) is 0 Å². The van der Waals surface area contributed by atoms with Crippen LogP contribution in [0.3, 0.4) is 0 Å². The molecule has 0 radical (unpaired) electrons. The van der Waals surface area contributed by atoms with Gasteiger partial charge in [-0.2, -0.15) is 0 Å². The number of furan rings is 1. The van der Waals surface area contributed by atoms with Gasteiger partial charge in [-0.05, 0) is 30.3 Å². The monoisotopic (exact) mass is 426 g/mol. The van der Waals surface area contributed by atoms with E-state index in [1.54, 1.807) is 0 Å². The lowest BCUT2D eigenvalue weighted by Crippen LogP contribution is -1.83. The first-order valence-corrected chi connectivity index (χ1v) is 11.6. The van der Waals surface area contributed by atoms with Crippen molar-refractivity contribution >= 4 is 91.8 Å². The molecule has 5 heterocycles. The maximum absolute atomic E-state index is 6.58. The van der Waals surface area contributed by atoms with E-state index in [1.807, 2.05) is 17.4 Å². The Balaban J connectivity index is 1.81. The minimum Gasteiger partial charge on any atom is -0.439 e. The van der Waals surface area contributed by atoms with Gasteiger partial charge in [0, 0.05) is 48.1 Å². The molecule has 0 aliphatic carbocycles. The molecule has 0 atom stereocenters. The second-order valence-corrected chi connectivity index (χ2v) is 9.68. The second-order valence-electron chi connectivity index (χ2n) is 8.63. The standard InChI is InChI=1S/C28H14N2OS/c1-3-10-20-14(6-1)22-16-12-13-19-24-23-17(8-5-9-18(23)29-19)27-26(30(25(16)24)28(22)31-20)15-7-2-4-11-21(15)32-27/h1-13,29H. The van der Waals surface area contributed by atoms with Gasteiger partial charge < -0.3 is 9.40 Å². The first-order chi connectivity index (χ1) is 15.9. The number of H-pyrrole nitrogens is 1. The highest BCUT2D eigenvalue weighted by atomic mass is 32.1. The number of hydrogen-bond acceptors (Lipinski definition) is 2. The molecule has 1 N–H and O–H groups in total. The quantitative estimate of drug-likeness (QED) is 0.259. The summed E-state index contributed by atoms with van der Waals surface area (Å²) >= 11 is 1.87. The lowest BCUT2D eigenvalue weighted by molar-refractivity contribution is 0.652. The normalized spacial score (nSPS) is 13.0. The van der Waals surface area contributed by atoms with Crippen LogP contribution in [0.2, 0.25) is 0 Å². The van der Waals surface area contributed by atoms with Crippen LogP contribution in [0.5, 0.6) is 0 Å². The fourth-order valence-electron chi connectivity index (χ4n) is 5.84. The van der Waals surface area contributed by atoms with Gasteiger partial charge in [0.1, 0.15) is 5.58 Å². The maximum Gasteiger partial charge on any atom is 0.213 e. The van der Waals surface area contributed by atoms with Crippen LogP contribution in [-0.4, -0.2) is 9.38 Å². The van der Waals surface area contributed by atoms with Gasteiger partial charge in [-0.15, -0.1) is 11.3 Å². The van der Waals surface area contributed by atoms with Gasteiger partial charge in [0.2, 0.25) is 5.71 Å². The average Bonchev–Trinajstić information content (AvgIpc) is 3.54. The van der Waals surface area contributed by atoms with Crippen molar-refractivity contribution in [1.82, 2.24) is 9.38 Å². The molecule has 5 aromatic heterocycles. The molecule has 4 heteroatoms. The summed E-state index contributed by atoms with van der Waals surface area (Å²) in [6.07, 6.45) is 0. The molecule has 0 spiro atoms. The smallest absolute Gasteiger partial charge is 0.213 e. The molecule has 9 rings (SSSR count). The Labute approximate surface area is 184 Å². The van der Waals surface area contributed by atoms with Crippen LogP contribution < -0.4 is 0 Å². The third-order valence-electron chi connectivity index (χ3n) is 7.07. The van der Waals surface area contributed by atoms with E-state index >= 15 is 0 Å². The molecule has 0 bridgehead atoms. The molecule has 4 aromatic carbocycles. The van der Waals surface area contributed by atoms with Gasteiger partial charge in [-0.25, -0.2) is 0 Å². The zero-order valence-corrected chi connectivity index (χ0v) is 17.6. The molecule has 0 saturated heterocycles. The highest BCUT2D eigenvalue weighted by molar-refractivity contribution is 7.26. The summed E-state index contributed by atoms with van der Waals surface area (Å²) in [6, 6.07) is 28.2.